The van der Waals surface area contributed by atoms with E-state index in [4.69, 9.17) is 4.74 Å². The van der Waals surface area contributed by atoms with E-state index < -0.39 is 24.4 Å². The van der Waals surface area contributed by atoms with Gasteiger partial charge in [0.25, 0.3) is 0 Å². The van der Waals surface area contributed by atoms with Gasteiger partial charge in [0.1, 0.15) is 0 Å². The summed E-state index contributed by atoms with van der Waals surface area (Å²) in [6.07, 6.45) is 1.61. The number of aliphatic hydroxyl groups excluding tert-OH is 4. The van der Waals surface area contributed by atoms with Crippen molar-refractivity contribution in [3.8, 4) is 0 Å². The number of hydrogen-bond acceptors (Lipinski definition) is 6. The smallest absolute Gasteiger partial charge is 0.309 e. The lowest BCUT2D eigenvalue weighted by atomic mass is 9.48. The minimum absolute atomic E-state index is 0.00827. The minimum Gasteiger partial charge on any atom is -0.465 e. The summed E-state index contributed by atoms with van der Waals surface area (Å²) in [6.45, 7) is 13.2. The number of esters is 1. The summed E-state index contributed by atoms with van der Waals surface area (Å²) in [6, 6.07) is 0. The Balaban J connectivity index is 1.58. The molecule has 6 heteroatoms. The molecule has 1 heterocycles. The third kappa shape index (κ3) is 4.05. The summed E-state index contributed by atoms with van der Waals surface area (Å²) in [5.41, 5.74) is -0.345. The number of aliphatic hydroxyl groups is 4. The Bertz CT molecular complexity index is 755. The molecule has 0 aromatic carbocycles. The summed E-state index contributed by atoms with van der Waals surface area (Å²) < 4.78 is 5.86. The molecule has 13 atom stereocenters. The summed E-state index contributed by atoms with van der Waals surface area (Å²) >= 11 is 0. The molecule has 3 saturated carbocycles. The Morgan fingerprint density at radius 2 is 1.56 bits per heavy atom. The molecule has 1 saturated heterocycles. The van der Waals surface area contributed by atoms with Crippen molar-refractivity contribution in [3.63, 3.8) is 0 Å². The molecule has 0 radical (unpaired) electrons. The molecule has 0 amide bonds. The summed E-state index contributed by atoms with van der Waals surface area (Å²) in [7, 11) is 0. The first kappa shape index (κ1) is 26.4. The zero-order valence-corrected chi connectivity index (χ0v) is 22.0. The Labute approximate surface area is 205 Å². The molecule has 4 aliphatic rings. The van der Waals surface area contributed by atoms with Crippen LogP contribution >= 0.6 is 0 Å². The Morgan fingerprint density at radius 3 is 2.21 bits per heavy atom. The van der Waals surface area contributed by atoms with Gasteiger partial charge in [-0.05, 0) is 90.8 Å². The van der Waals surface area contributed by atoms with E-state index in [0.29, 0.717) is 30.8 Å². The van der Waals surface area contributed by atoms with Crippen LogP contribution in [0.1, 0.15) is 80.1 Å². The second kappa shape index (κ2) is 9.32. The van der Waals surface area contributed by atoms with Gasteiger partial charge in [0.15, 0.2) is 0 Å². The van der Waals surface area contributed by atoms with E-state index in [0.717, 1.165) is 25.7 Å². The SMILES string of the molecule is CC(C)[C@H](C)[C@@H](O)[C@H](O)[C@@H](C)[C@H]1CC[C@H]2[C@@H]3COC(=O)[C@H]4C[C@@H](O)[C@@H](O)C[C@]4(C)[C@H]3CC[C@]12C. The average molecular weight is 481 g/mol. The molecule has 4 fully saturated rings. The van der Waals surface area contributed by atoms with Crippen LogP contribution in [0.4, 0.5) is 0 Å². The maximum atomic E-state index is 13.0. The van der Waals surface area contributed by atoms with Gasteiger partial charge in [0, 0.05) is 0 Å². The van der Waals surface area contributed by atoms with Gasteiger partial charge in [-0.25, -0.2) is 0 Å². The fourth-order valence-corrected chi connectivity index (χ4v) is 8.95. The molecule has 0 spiro atoms. The fourth-order valence-electron chi connectivity index (χ4n) is 8.95. The number of cyclic esters (lactones) is 1. The van der Waals surface area contributed by atoms with E-state index in [1.54, 1.807) is 0 Å². The highest BCUT2D eigenvalue weighted by molar-refractivity contribution is 5.74. The quantitative estimate of drug-likeness (QED) is 0.450. The van der Waals surface area contributed by atoms with Crippen LogP contribution in [-0.2, 0) is 9.53 Å². The van der Waals surface area contributed by atoms with E-state index in [1.165, 1.54) is 0 Å². The van der Waals surface area contributed by atoms with Crippen LogP contribution in [-0.4, -0.2) is 57.4 Å². The molecule has 4 rings (SSSR count). The van der Waals surface area contributed by atoms with Gasteiger partial charge in [-0.1, -0.05) is 41.5 Å². The number of ether oxygens (including phenoxy) is 1. The van der Waals surface area contributed by atoms with Crippen LogP contribution in [0, 0.1) is 58.2 Å². The molecule has 3 aliphatic carbocycles. The van der Waals surface area contributed by atoms with Crippen molar-refractivity contribution in [2.75, 3.05) is 6.61 Å². The van der Waals surface area contributed by atoms with Crippen molar-refractivity contribution in [1.29, 1.82) is 0 Å². The molecule has 6 nitrogen and oxygen atoms in total. The Kier molecular flexibility index (Phi) is 7.23. The number of hydrogen-bond donors (Lipinski definition) is 4. The van der Waals surface area contributed by atoms with E-state index in [1.807, 2.05) is 6.92 Å². The van der Waals surface area contributed by atoms with E-state index in [-0.39, 0.29) is 52.8 Å². The first-order chi connectivity index (χ1) is 15.8. The van der Waals surface area contributed by atoms with Gasteiger partial charge >= 0.3 is 5.97 Å². The fraction of sp³-hybridized carbons (Fsp3) is 0.964. The van der Waals surface area contributed by atoms with Crippen molar-refractivity contribution in [3.05, 3.63) is 0 Å². The van der Waals surface area contributed by atoms with Crippen molar-refractivity contribution in [2.45, 2.75) is 104 Å². The molecular weight excluding hydrogens is 432 g/mol. The molecule has 0 bridgehead atoms. The molecule has 0 aromatic rings. The molecule has 4 N–H and O–H groups in total. The summed E-state index contributed by atoms with van der Waals surface area (Å²) in [4.78, 5) is 13.0. The third-order valence-electron chi connectivity index (χ3n) is 11.5. The zero-order chi connectivity index (χ0) is 25.2. The second-order valence-electron chi connectivity index (χ2n) is 13.3. The van der Waals surface area contributed by atoms with Crippen molar-refractivity contribution in [2.24, 2.45) is 58.2 Å². The minimum atomic E-state index is -0.867. The zero-order valence-electron chi connectivity index (χ0n) is 22.0. The maximum absolute atomic E-state index is 13.0. The van der Waals surface area contributed by atoms with Crippen molar-refractivity contribution in [1.82, 2.24) is 0 Å². The van der Waals surface area contributed by atoms with Gasteiger partial charge in [0.05, 0.1) is 36.9 Å². The molecule has 0 aromatic heterocycles. The number of fused-ring (bicyclic) bond motifs is 5. The number of carbonyl (C=O) groups is 1. The van der Waals surface area contributed by atoms with E-state index in [2.05, 4.69) is 34.6 Å². The highest BCUT2D eigenvalue weighted by Crippen LogP contribution is 2.66. The lowest BCUT2D eigenvalue weighted by Gasteiger charge is -2.56. The second-order valence-corrected chi connectivity index (χ2v) is 13.3. The lowest BCUT2D eigenvalue weighted by molar-refractivity contribution is -0.162. The van der Waals surface area contributed by atoms with Crippen LogP contribution in [0.25, 0.3) is 0 Å². The van der Waals surface area contributed by atoms with Crippen molar-refractivity contribution < 1.29 is 30.0 Å². The Morgan fingerprint density at radius 1 is 0.912 bits per heavy atom. The summed E-state index contributed by atoms with van der Waals surface area (Å²) in [5, 5.41) is 42.9. The van der Waals surface area contributed by atoms with Gasteiger partial charge in [-0.3, -0.25) is 4.79 Å². The first-order valence-corrected chi connectivity index (χ1v) is 13.7. The van der Waals surface area contributed by atoms with Gasteiger partial charge in [-0.15, -0.1) is 0 Å². The highest BCUT2D eigenvalue weighted by atomic mass is 16.5. The predicted octanol–water partition coefficient (Wildman–Crippen LogP) is 3.39. The topological polar surface area (TPSA) is 107 Å². The average Bonchev–Trinajstić information content (AvgIpc) is 3.09. The van der Waals surface area contributed by atoms with Crippen molar-refractivity contribution >= 4 is 5.97 Å². The predicted molar refractivity (Wildman–Crippen MR) is 130 cm³/mol. The highest BCUT2D eigenvalue weighted by Gasteiger charge is 2.63. The van der Waals surface area contributed by atoms with Crippen LogP contribution in [0.3, 0.4) is 0 Å². The molecule has 1 aliphatic heterocycles. The Hall–Kier alpha value is -0.690. The molecular formula is C28H48O6. The van der Waals surface area contributed by atoms with E-state index in [9.17, 15) is 25.2 Å². The number of rotatable bonds is 5. The monoisotopic (exact) mass is 480 g/mol. The van der Waals surface area contributed by atoms with Crippen LogP contribution in [0.5, 0.6) is 0 Å². The molecule has 196 valence electrons. The van der Waals surface area contributed by atoms with Crippen LogP contribution in [0.15, 0.2) is 0 Å². The standard InChI is InChI=1S/C28H48O6/c1-14(2)15(3)24(31)25(32)16(4)18-7-8-19-17-13-34-26(33)21-11-22(29)23(30)12-28(21,6)20(17)9-10-27(18,19)5/h14-25,29-32H,7-13H2,1-6H3/t15-,16-,17-,18+,19-,20-,21+,22+,23-,24+,25+,27+,28+/m0/s1. The van der Waals surface area contributed by atoms with E-state index >= 15 is 0 Å². The molecule has 34 heavy (non-hydrogen) atoms. The molecule has 0 unspecified atom stereocenters. The van der Waals surface area contributed by atoms with Crippen LogP contribution < -0.4 is 0 Å². The van der Waals surface area contributed by atoms with Gasteiger partial charge in [0.2, 0.25) is 0 Å². The first-order valence-electron chi connectivity index (χ1n) is 13.7. The number of carbonyl (C=O) groups excluding carboxylic acids is 1. The normalized spacial score (nSPS) is 48.1. The largest absolute Gasteiger partial charge is 0.465 e. The van der Waals surface area contributed by atoms with Crippen LogP contribution in [0.2, 0.25) is 0 Å². The third-order valence-corrected chi connectivity index (χ3v) is 11.5. The summed E-state index contributed by atoms with van der Waals surface area (Å²) in [5.74, 6) is 0.948. The lowest BCUT2D eigenvalue weighted by Crippen LogP contribution is -2.55. The maximum Gasteiger partial charge on any atom is 0.309 e. The van der Waals surface area contributed by atoms with Gasteiger partial charge in [-0.2, -0.15) is 0 Å². The van der Waals surface area contributed by atoms with Gasteiger partial charge < -0.3 is 25.2 Å².